The van der Waals surface area contributed by atoms with Gasteiger partial charge in [0.1, 0.15) is 18.3 Å². The van der Waals surface area contributed by atoms with Crippen molar-refractivity contribution < 1.29 is 39.6 Å². The van der Waals surface area contributed by atoms with Crippen LogP contribution in [0, 0.1) is 10.1 Å². The Bertz CT molecular complexity index is 663. The lowest BCUT2D eigenvalue weighted by Gasteiger charge is -2.47. The van der Waals surface area contributed by atoms with Crippen LogP contribution in [0.3, 0.4) is 0 Å². The smallest absolute Gasteiger partial charge is 0.308 e. The summed E-state index contributed by atoms with van der Waals surface area (Å²) in [6.07, 6.45) is -5.40. The number of esters is 1. The number of benzene rings is 1. The van der Waals surface area contributed by atoms with E-state index in [0.29, 0.717) is 12.8 Å². The topological polar surface area (TPSA) is 160 Å². The van der Waals surface area contributed by atoms with Crippen LogP contribution in [-0.2, 0) is 20.1 Å². The van der Waals surface area contributed by atoms with Crippen LogP contribution in [0.15, 0.2) is 24.3 Å². The molecule has 27 heavy (non-hydrogen) atoms. The minimum absolute atomic E-state index is 0.0176. The number of nitrogens with zero attached hydrogens (tertiary/aromatic N) is 1. The minimum Gasteiger partial charge on any atom is -0.425 e. The van der Waals surface area contributed by atoms with Crippen molar-refractivity contribution in [3.8, 4) is 0 Å². The fourth-order valence-corrected chi connectivity index (χ4v) is 2.88. The van der Waals surface area contributed by atoms with Gasteiger partial charge in [-0.1, -0.05) is 13.3 Å². The van der Waals surface area contributed by atoms with Gasteiger partial charge in [-0.15, -0.1) is 0 Å². The second kappa shape index (κ2) is 8.72. The summed E-state index contributed by atoms with van der Waals surface area (Å²) in [7, 11) is 0. The maximum absolute atomic E-state index is 12.2. The molecule has 2 rings (SSSR count). The van der Waals surface area contributed by atoms with Crippen LogP contribution in [0.1, 0.15) is 31.7 Å². The Hall–Kier alpha value is -2.11. The van der Waals surface area contributed by atoms with Crippen LogP contribution < -0.4 is 0 Å². The molecule has 0 aromatic heterocycles. The molecule has 1 saturated heterocycles. The predicted octanol–water partition coefficient (Wildman–Crippen LogP) is -0.0452. The third-order valence-corrected chi connectivity index (χ3v) is 4.43. The molecule has 1 aromatic carbocycles. The lowest BCUT2D eigenvalue weighted by Crippen LogP contribution is -2.64. The van der Waals surface area contributed by atoms with E-state index in [1.54, 1.807) is 0 Å². The number of ether oxygens (including phenoxy) is 2. The van der Waals surface area contributed by atoms with E-state index < -0.39 is 47.7 Å². The van der Waals surface area contributed by atoms with Gasteiger partial charge in [0.05, 0.1) is 11.5 Å². The van der Waals surface area contributed by atoms with Crippen LogP contribution in [-0.4, -0.2) is 62.3 Å². The third kappa shape index (κ3) is 4.25. The molecule has 0 spiro atoms. The van der Waals surface area contributed by atoms with Crippen LogP contribution in [0.5, 0.6) is 0 Å². The fraction of sp³-hybridized carbons (Fsp3) is 0.588. The van der Waals surface area contributed by atoms with E-state index in [4.69, 9.17) is 9.47 Å². The Kier molecular flexibility index (Phi) is 6.84. The molecule has 4 N–H and O–H groups in total. The number of rotatable bonds is 7. The SMILES string of the molecule is CCCCC(=O)O[C@]1(c2ccc([N+](=O)[O-])cc2)O[C@H](CO)[C@@H](O)[C@H](O)[C@H]1O. The molecule has 0 amide bonds. The van der Waals surface area contributed by atoms with Gasteiger partial charge in [-0.25, -0.2) is 0 Å². The lowest BCUT2D eigenvalue weighted by molar-refractivity contribution is -0.385. The van der Waals surface area contributed by atoms with Crippen molar-refractivity contribution in [3.63, 3.8) is 0 Å². The summed E-state index contributed by atoms with van der Waals surface area (Å²) in [5.74, 6) is -2.96. The van der Waals surface area contributed by atoms with E-state index in [9.17, 15) is 35.3 Å². The molecule has 0 aliphatic carbocycles. The summed E-state index contributed by atoms with van der Waals surface area (Å²) in [6, 6.07) is 4.68. The van der Waals surface area contributed by atoms with Gasteiger partial charge in [-0.05, 0) is 18.6 Å². The van der Waals surface area contributed by atoms with Gasteiger partial charge in [-0.2, -0.15) is 0 Å². The molecular weight excluding hydrogens is 362 g/mol. The standard InChI is InChI=1S/C17H23NO9/c1-2-3-4-13(20)27-17(10-5-7-11(8-6-10)18(24)25)16(23)15(22)14(21)12(9-19)26-17/h5-8,12,14-16,19,21-23H,2-4,9H2,1H3/t12-,14-,15+,16-,17+/m1/s1. The quantitative estimate of drug-likeness (QED) is 0.287. The Morgan fingerprint density at radius 2 is 1.89 bits per heavy atom. The van der Waals surface area contributed by atoms with E-state index in [1.807, 2.05) is 6.92 Å². The van der Waals surface area contributed by atoms with Crippen molar-refractivity contribution in [1.29, 1.82) is 0 Å². The summed E-state index contributed by atoms with van der Waals surface area (Å²) in [5.41, 5.74) is -0.217. The summed E-state index contributed by atoms with van der Waals surface area (Å²) in [6.45, 7) is 1.15. The largest absolute Gasteiger partial charge is 0.425 e. The first kappa shape index (κ1) is 21.2. The highest BCUT2D eigenvalue weighted by Gasteiger charge is 2.57. The zero-order chi connectivity index (χ0) is 20.2. The van der Waals surface area contributed by atoms with Gasteiger partial charge < -0.3 is 29.9 Å². The van der Waals surface area contributed by atoms with Crippen molar-refractivity contribution in [2.45, 2.75) is 56.4 Å². The number of aliphatic hydroxyl groups excluding tert-OH is 4. The predicted molar refractivity (Wildman–Crippen MR) is 90.4 cm³/mol. The Morgan fingerprint density at radius 3 is 2.41 bits per heavy atom. The molecular formula is C17H23NO9. The second-order valence-corrected chi connectivity index (χ2v) is 6.31. The van der Waals surface area contributed by atoms with Gasteiger partial charge >= 0.3 is 5.97 Å². The number of hydrogen-bond donors (Lipinski definition) is 4. The second-order valence-electron chi connectivity index (χ2n) is 6.31. The molecule has 0 radical (unpaired) electrons. The van der Waals surface area contributed by atoms with E-state index in [-0.39, 0.29) is 17.7 Å². The van der Waals surface area contributed by atoms with Gasteiger partial charge in [0.25, 0.3) is 11.5 Å². The first-order chi connectivity index (χ1) is 12.8. The van der Waals surface area contributed by atoms with Crippen molar-refractivity contribution in [3.05, 3.63) is 39.9 Å². The van der Waals surface area contributed by atoms with E-state index in [0.717, 1.165) is 12.1 Å². The molecule has 10 heteroatoms. The Balaban J connectivity index is 2.47. The highest BCUT2D eigenvalue weighted by molar-refractivity contribution is 5.70. The number of nitro benzene ring substituents is 1. The number of aliphatic hydroxyl groups is 4. The Labute approximate surface area is 155 Å². The normalized spacial score (nSPS) is 30.7. The molecule has 5 atom stereocenters. The minimum atomic E-state index is -2.23. The fourth-order valence-electron chi connectivity index (χ4n) is 2.88. The summed E-state index contributed by atoms with van der Waals surface area (Å²) < 4.78 is 10.9. The summed E-state index contributed by atoms with van der Waals surface area (Å²) in [4.78, 5) is 22.5. The zero-order valence-corrected chi connectivity index (χ0v) is 14.7. The molecule has 150 valence electrons. The van der Waals surface area contributed by atoms with E-state index >= 15 is 0 Å². The third-order valence-electron chi connectivity index (χ3n) is 4.43. The lowest BCUT2D eigenvalue weighted by atomic mass is 9.88. The van der Waals surface area contributed by atoms with Gasteiger partial charge in [0.2, 0.25) is 0 Å². The van der Waals surface area contributed by atoms with Crippen molar-refractivity contribution in [2.75, 3.05) is 6.61 Å². The first-order valence-corrected chi connectivity index (χ1v) is 8.56. The molecule has 10 nitrogen and oxygen atoms in total. The summed E-state index contributed by atoms with van der Waals surface area (Å²) in [5, 5.41) is 51.0. The molecule has 1 aromatic rings. The first-order valence-electron chi connectivity index (χ1n) is 8.56. The molecule has 1 heterocycles. The van der Waals surface area contributed by atoms with Crippen molar-refractivity contribution >= 4 is 11.7 Å². The average molecular weight is 385 g/mol. The number of nitro groups is 1. The van der Waals surface area contributed by atoms with Crippen LogP contribution in [0.25, 0.3) is 0 Å². The number of non-ortho nitro benzene ring substituents is 1. The molecule has 1 fully saturated rings. The number of carbonyl (C=O) groups is 1. The summed E-state index contributed by atoms with van der Waals surface area (Å²) >= 11 is 0. The van der Waals surface area contributed by atoms with Crippen LogP contribution >= 0.6 is 0 Å². The van der Waals surface area contributed by atoms with Crippen LogP contribution in [0.4, 0.5) is 5.69 Å². The van der Waals surface area contributed by atoms with E-state index in [1.165, 1.54) is 12.1 Å². The Morgan fingerprint density at radius 1 is 1.26 bits per heavy atom. The molecule has 0 saturated carbocycles. The van der Waals surface area contributed by atoms with Crippen LogP contribution in [0.2, 0.25) is 0 Å². The molecule has 1 aliphatic heterocycles. The van der Waals surface area contributed by atoms with Gasteiger partial charge in [0, 0.05) is 24.1 Å². The maximum Gasteiger partial charge on any atom is 0.308 e. The number of hydrogen-bond acceptors (Lipinski definition) is 9. The maximum atomic E-state index is 12.2. The van der Waals surface area contributed by atoms with E-state index in [2.05, 4.69) is 0 Å². The highest BCUT2D eigenvalue weighted by Crippen LogP contribution is 2.40. The highest BCUT2D eigenvalue weighted by atomic mass is 16.7. The van der Waals surface area contributed by atoms with Gasteiger partial charge in [-0.3, -0.25) is 14.9 Å². The van der Waals surface area contributed by atoms with Gasteiger partial charge in [0.15, 0.2) is 6.10 Å². The molecule has 1 aliphatic rings. The average Bonchev–Trinajstić information content (AvgIpc) is 2.67. The monoisotopic (exact) mass is 385 g/mol. The number of unbranched alkanes of at least 4 members (excludes halogenated alkanes) is 1. The zero-order valence-electron chi connectivity index (χ0n) is 14.7. The van der Waals surface area contributed by atoms with Crippen molar-refractivity contribution in [1.82, 2.24) is 0 Å². The number of carbonyl (C=O) groups excluding carboxylic acids is 1. The molecule has 0 unspecified atom stereocenters. The van der Waals surface area contributed by atoms with Crippen molar-refractivity contribution in [2.24, 2.45) is 0 Å². The molecule has 0 bridgehead atoms.